The lowest BCUT2D eigenvalue weighted by Crippen LogP contribution is -2.33. The van der Waals surface area contributed by atoms with E-state index in [4.69, 9.17) is 9.57 Å². The van der Waals surface area contributed by atoms with Crippen molar-refractivity contribution in [1.82, 2.24) is 9.55 Å². The third-order valence-corrected chi connectivity index (χ3v) is 4.16. The Labute approximate surface area is 144 Å². The Bertz CT molecular complexity index is 870. The van der Waals surface area contributed by atoms with Crippen molar-refractivity contribution >= 4 is 5.71 Å². The molecule has 0 amide bonds. The van der Waals surface area contributed by atoms with Gasteiger partial charge in [-0.25, -0.2) is 4.79 Å². The third-order valence-electron chi connectivity index (χ3n) is 4.16. The van der Waals surface area contributed by atoms with Crippen LogP contribution < -0.4 is 11.2 Å². The van der Waals surface area contributed by atoms with Gasteiger partial charge in [0.05, 0.1) is 5.71 Å². The summed E-state index contributed by atoms with van der Waals surface area (Å²) in [4.78, 5) is 31.3. The van der Waals surface area contributed by atoms with Crippen LogP contribution in [0.2, 0.25) is 0 Å². The molecule has 0 radical (unpaired) electrons. The summed E-state index contributed by atoms with van der Waals surface area (Å²) < 4.78 is 7.32. The first-order valence-electron chi connectivity index (χ1n) is 8.28. The SMILES string of the molecule is CC[C@H]1O[C@@H](n2cc(C)c(=O)[nH]c2=O)CC1=NOCc1ccccc1. The van der Waals surface area contributed by atoms with Crippen molar-refractivity contribution in [2.45, 2.75) is 45.6 Å². The first-order chi connectivity index (χ1) is 12.1. The van der Waals surface area contributed by atoms with Crippen LogP contribution in [0.25, 0.3) is 0 Å². The highest BCUT2D eigenvalue weighted by Crippen LogP contribution is 2.27. The maximum absolute atomic E-state index is 12.0. The van der Waals surface area contributed by atoms with Crippen molar-refractivity contribution in [2.75, 3.05) is 0 Å². The van der Waals surface area contributed by atoms with Crippen LogP contribution in [0.15, 0.2) is 51.3 Å². The van der Waals surface area contributed by atoms with E-state index in [0.717, 1.165) is 17.7 Å². The monoisotopic (exact) mass is 343 g/mol. The lowest BCUT2D eigenvalue weighted by molar-refractivity contribution is 0.00501. The van der Waals surface area contributed by atoms with E-state index in [1.165, 1.54) is 10.8 Å². The van der Waals surface area contributed by atoms with E-state index in [9.17, 15) is 9.59 Å². The van der Waals surface area contributed by atoms with Crippen LogP contribution in [0.5, 0.6) is 0 Å². The van der Waals surface area contributed by atoms with Gasteiger partial charge in [0.25, 0.3) is 5.56 Å². The molecule has 1 aromatic heterocycles. The lowest BCUT2D eigenvalue weighted by atomic mass is 10.1. The number of hydrogen-bond donors (Lipinski definition) is 1. The van der Waals surface area contributed by atoms with E-state index in [1.807, 2.05) is 37.3 Å². The van der Waals surface area contributed by atoms with E-state index < -0.39 is 11.9 Å². The Kier molecular flexibility index (Phi) is 5.14. The minimum atomic E-state index is -0.493. The first-order valence-corrected chi connectivity index (χ1v) is 8.28. The van der Waals surface area contributed by atoms with Gasteiger partial charge in [0.2, 0.25) is 0 Å². The molecule has 1 fully saturated rings. The summed E-state index contributed by atoms with van der Waals surface area (Å²) in [5.74, 6) is 0. The van der Waals surface area contributed by atoms with Gasteiger partial charge in [-0.3, -0.25) is 14.3 Å². The second kappa shape index (κ2) is 7.48. The number of nitrogens with zero attached hydrogens (tertiary/aromatic N) is 2. The summed E-state index contributed by atoms with van der Waals surface area (Å²) in [6.45, 7) is 4.02. The molecule has 132 valence electrons. The molecular weight excluding hydrogens is 322 g/mol. The molecule has 2 heterocycles. The Morgan fingerprint density at radius 2 is 2.08 bits per heavy atom. The zero-order chi connectivity index (χ0) is 17.8. The summed E-state index contributed by atoms with van der Waals surface area (Å²) in [5.41, 5.74) is 1.39. The molecule has 0 bridgehead atoms. The Morgan fingerprint density at radius 3 is 2.80 bits per heavy atom. The summed E-state index contributed by atoms with van der Waals surface area (Å²) >= 11 is 0. The van der Waals surface area contributed by atoms with Crippen molar-refractivity contribution in [1.29, 1.82) is 0 Å². The minimum absolute atomic E-state index is 0.208. The zero-order valence-electron chi connectivity index (χ0n) is 14.3. The molecule has 7 heteroatoms. The fraction of sp³-hybridized carbons (Fsp3) is 0.389. The Morgan fingerprint density at radius 1 is 1.32 bits per heavy atom. The average Bonchev–Trinajstić information content (AvgIpc) is 3.02. The number of aromatic amines is 1. The molecular formula is C18H21N3O4. The first kappa shape index (κ1) is 17.2. The van der Waals surface area contributed by atoms with Crippen LogP contribution in [0.1, 0.15) is 37.1 Å². The predicted molar refractivity (Wildman–Crippen MR) is 93.5 cm³/mol. The van der Waals surface area contributed by atoms with Crippen LogP contribution in [0.3, 0.4) is 0 Å². The highest BCUT2D eigenvalue weighted by atomic mass is 16.6. The average molecular weight is 343 g/mol. The van der Waals surface area contributed by atoms with Gasteiger partial charge in [-0.2, -0.15) is 0 Å². The number of H-pyrrole nitrogens is 1. The topological polar surface area (TPSA) is 85.7 Å². The molecule has 1 saturated heterocycles. The normalized spacial score (nSPS) is 21.6. The standard InChI is InChI=1S/C18H21N3O4/c1-3-15-14(20-24-11-13-7-5-4-6-8-13)9-16(25-15)21-10-12(2)17(22)19-18(21)23/h4-8,10,15-16H,3,9,11H2,1-2H3,(H,19,22,23)/t15-,16-/m1/s1. The van der Waals surface area contributed by atoms with E-state index in [0.29, 0.717) is 18.6 Å². The van der Waals surface area contributed by atoms with Crippen LogP contribution in [0, 0.1) is 6.92 Å². The minimum Gasteiger partial charge on any atom is -0.391 e. The number of aryl methyl sites for hydroxylation is 1. The predicted octanol–water partition coefficient (Wildman–Crippen LogP) is 2.12. The highest BCUT2D eigenvalue weighted by molar-refractivity contribution is 5.90. The number of oxime groups is 1. The summed E-state index contributed by atoms with van der Waals surface area (Å²) in [5, 5.41) is 4.22. The molecule has 3 rings (SSSR count). The summed E-state index contributed by atoms with van der Waals surface area (Å²) in [7, 11) is 0. The number of ether oxygens (including phenoxy) is 1. The largest absolute Gasteiger partial charge is 0.391 e. The van der Waals surface area contributed by atoms with Crippen molar-refractivity contribution in [3.8, 4) is 0 Å². The molecule has 0 aliphatic carbocycles. The highest BCUT2D eigenvalue weighted by Gasteiger charge is 2.33. The van der Waals surface area contributed by atoms with Crippen LogP contribution in [-0.2, 0) is 16.2 Å². The quantitative estimate of drug-likeness (QED) is 0.843. The maximum atomic E-state index is 12.0. The zero-order valence-corrected chi connectivity index (χ0v) is 14.3. The van der Waals surface area contributed by atoms with Gasteiger partial charge in [0.15, 0.2) is 0 Å². The van der Waals surface area contributed by atoms with Crippen molar-refractivity contribution < 1.29 is 9.57 Å². The molecule has 1 aliphatic rings. The molecule has 1 aromatic carbocycles. The molecule has 1 N–H and O–H groups in total. The van der Waals surface area contributed by atoms with Gasteiger partial charge in [0.1, 0.15) is 18.9 Å². The maximum Gasteiger partial charge on any atom is 0.330 e. The number of rotatable bonds is 5. The van der Waals surface area contributed by atoms with Crippen molar-refractivity contribution in [3.05, 3.63) is 68.5 Å². The molecule has 0 unspecified atom stereocenters. The number of nitrogens with one attached hydrogen (secondary N) is 1. The van der Waals surface area contributed by atoms with E-state index in [-0.39, 0.29) is 11.7 Å². The molecule has 2 atom stereocenters. The van der Waals surface area contributed by atoms with E-state index in [1.54, 1.807) is 6.92 Å². The summed E-state index contributed by atoms with van der Waals surface area (Å²) in [6.07, 6.45) is 1.98. The lowest BCUT2D eigenvalue weighted by Gasteiger charge is -2.14. The van der Waals surface area contributed by atoms with Gasteiger partial charge in [-0.15, -0.1) is 0 Å². The van der Waals surface area contributed by atoms with Crippen LogP contribution in [0.4, 0.5) is 0 Å². The number of aromatic nitrogens is 2. The molecule has 2 aromatic rings. The summed E-state index contributed by atoms with van der Waals surface area (Å²) in [6, 6.07) is 9.77. The molecule has 0 saturated carbocycles. The van der Waals surface area contributed by atoms with Crippen LogP contribution >= 0.6 is 0 Å². The number of benzene rings is 1. The fourth-order valence-corrected chi connectivity index (χ4v) is 2.78. The van der Waals surface area contributed by atoms with Crippen LogP contribution in [-0.4, -0.2) is 21.4 Å². The fourth-order valence-electron chi connectivity index (χ4n) is 2.78. The van der Waals surface area contributed by atoms with E-state index in [2.05, 4.69) is 10.1 Å². The van der Waals surface area contributed by atoms with Gasteiger partial charge in [-0.05, 0) is 18.9 Å². The van der Waals surface area contributed by atoms with Gasteiger partial charge < -0.3 is 9.57 Å². The molecule has 25 heavy (non-hydrogen) atoms. The van der Waals surface area contributed by atoms with Gasteiger partial charge in [0, 0.05) is 18.2 Å². The Hall–Kier alpha value is -2.67. The second-order valence-electron chi connectivity index (χ2n) is 6.01. The van der Waals surface area contributed by atoms with Crippen molar-refractivity contribution in [3.63, 3.8) is 0 Å². The smallest absolute Gasteiger partial charge is 0.330 e. The van der Waals surface area contributed by atoms with Gasteiger partial charge in [-0.1, -0.05) is 42.4 Å². The molecule has 0 spiro atoms. The van der Waals surface area contributed by atoms with Gasteiger partial charge >= 0.3 is 5.69 Å². The number of hydrogen-bond acceptors (Lipinski definition) is 5. The van der Waals surface area contributed by atoms with E-state index >= 15 is 0 Å². The molecule has 1 aliphatic heterocycles. The van der Waals surface area contributed by atoms with Crippen molar-refractivity contribution in [2.24, 2.45) is 5.16 Å². The molecule has 7 nitrogen and oxygen atoms in total. The Balaban J connectivity index is 1.74. The third kappa shape index (κ3) is 3.88. The second-order valence-corrected chi connectivity index (χ2v) is 6.01.